The van der Waals surface area contributed by atoms with E-state index in [1.54, 1.807) is 0 Å². The van der Waals surface area contributed by atoms with Crippen molar-refractivity contribution in [1.29, 1.82) is 0 Å². The summed E-state index contributed by atoms with van der Waals surface area (Å²) in [6.45, 7) is 2.96. The fraction of sp³-hybridized carbons (Fsp3) is 0.818. The standard InChI is InChI=1S/C11H20N2O4/c1-2-11(5-3-6-13-11)10(17)12-7-4-8(14)9(15)16/h8,13-14H,2-7H2,1H3,(H,12,17)(H,15,16). The average molecular weight is 244 g/mol. The van der Waals surface area contributed by atoms with Crippen LogP contribution in [0.1, 0.15) is 32.6 Å². The Labute approximate surface area is 100 Å². The molecule has 1 aliphatic rings. The Balaban J connectivity index is 2.36. The van der Waals surface area contributed by atoms with Gasteiger partial charge in [0.25, 0.3) is 0 Å². The number of nitrogens with one attached hydrogen (secondary N) is 2. The zero-order chi connectivity index (χ0) is 12.9. The molecule has 1 aliphatic heterocycles. The number of amides is 1. The Hall–Kier alpha value is -1.14. The van der Waals surface area contributed by atoms with Gasteiger partial charge in [-0.3, -0.25) is 4.79 Å². The van der Waals surface area contributed by atoms with Gasteiger partial charge in [0.1, 0.15) is 0 Å². The monoisotopic (exact) mass is 244 g/mol. The van der Waals surface area contributed by atoms with Gasteiger partial charge in [-0.25, -0.2) is 4.79 Å². The van der Waals surface area contributed by atoms with E-state index < -0.39 is 17.6 Å². The summed E-state index contributed by atoms with van der Waals surface area (Å²) < 4.78 is 0. The molecule has 0 aromatic heterocycles. The first-order chi connectivity index (χ1) is 8.02. The third-order valence-corrected chi connectivity index (χ3v) is 3.27. The SMILES string of the molecule is CCC1(C(=O)NCCC(O)C(=O)O)CCCN1. The first-order valence-electron chi connectivity index (χ1n) is 5.96. The maximum Gasteiger partial charge on any atom is 0.332 e. The van der Waals surface area contributed by atoms with E-state index in [1.165, 1.54) is 0 Å². The number of rotatable bonds is 6. The minimum Gasteiger partial charge on any atom is -0.479 e. The van der Waals surface area contributed by atoms with Crippen molar-refractivity contribution in [2.45, 2.75) is 44.2 Å². The van der Waals surface area contributed by atoms with Crippen molar-refractivity contribution in [3.8, 4) is 0 Å². The topological polar surface area (TPSA) is 98.7 Å². The molecule has 1 fully saturated rings. The molecule has 0 aliphatic carbocycles. The van der Waals surface area contributed by atoms with Gasteiger partial charge < -0.3 is 20.8 Å². The number of aliphatic carboxylic acids is 1. The van der Waals surface area contributed by atoms with Gasteiger partial charge in [0.05, 0.1) is 5.54 Å². The van der Waals surface area contributed by atoms with E-state index in [1.807, 2.05) is 6.92 Å². The van der Waals surface area contributed by atoms with E-state index >= 15 is 0 Å². The lowest BCUT2D eigenvalue weighted by atomic mass is 9.93. The lowest BCUT2D eigenvalue weighted by molar-refractivity contribution is -0.147. The molecule has 0 bridgehead atoms. The number of carbonyl (C=O) groups excluding carboxylic acids is 1. The van der Waals surface area contributed by atoms with Gasteiger partial charge in [0.2, 0.25) is 5.91 Å². The van der Waals surface area contributed by atoms with Crippen LogP contribution in [0.25, 0.3) is 0 Å². The van der Waals surface area contributed by atoms with Crippen LogP contribution in [0.15, 0.2) is 0 Å². The lowest BCUT2D eigenvalue weighted by Crippen LogP contribution is -2.53. The summed E-state index contributed by atoms with van der Waals surface area (Å²) in [5, 5.41) is 23.4. The van der Waals surface area contributed by atoms with E-state index in [0.29, 0.717) is 6.42 Å². The van der Waals surface area contributed by atoms with Crippen molar-refractivity contribution in [2.24, 2.45) is 0 Å². The molecular weight excluding hydrogens is 224 g/mol. The Bertz CT molecular complexity index is 287. The number of carboxylic acid groups (broad SMARTS) is 1. The molecule has 6 nitrogen and oxygen atoms in total. The van der Waals surface area contributed by atoms with Gasteiger partial charge >= 0.3 is 5.97 Å². The minimum absolute atomic E-state index is 0.0286. The predicted molar refractivity (Wildman–Crippen MR) is 61.5 cm³/mol. The summed E-state index contributed by atoms with van der Waals surface area (Å²) in [5.74, 6) is -1.36. The summed E-state index contributed by atoms with van der Waals surface area (Å²) in [6, 6.07) is 0. The van der Waals surface area contributed by atoms with Crippen LogP contribution in [0.2, 0.25) is 0 Å². The minimum atomic E-state index is -1.41. The molecule has 0 aromatic carbocycles. The molecule has 0 radical (unpaired) electrons. The fourth-order valence-electron chi connectivity index (χ4n) is 2.08. The van der Waals surface area contributed by atoms with E-state index in [9.17, 15) is 9.59 Å². The molecule has 0 spiro atoms. The number of carbonyl (C=O) groups is 2. The van der Waals surface area contributed by atoms with Crippen LogP contribution < -0.4 is 10.6 Å². The van der Waals surface area contributed by atoms with Crippen LogP contribution >= 0.6 is 0 Å². The largest absolute Gasteiger partial charge is 0.479 e. The number of carboxylic acids is 1. The predicted octanol–water partition coefficient (Wildman–Crippen LogP) is -0.530. The van der Waals surface area contributed by atoms with Crippen LogP contribution in [-0.2, 0) is 9.59 Å². The molecule has 0 saturated carbocycles. The molecule has 17 heavy (non-hydrogen) atoms. The van der Waals surface area contributed by atoms with Gasteiger partial charge in [-0.2, -0.15) is 0 Å². The third kappa shape index (κ3) is 3.41. The van der Waals surface area contributed by atoms with Crippen molar-refractivity contribution in [3.05, 3.63) is 0 Å². The Morgan fingerprint density at radius 1 is 1.53 bits per heavy atom. The Kier molecular flexibility index (Phi) is 4.89. The summed E-state index contributed by atoms with van der Waals surface area (Å²) in [4.78, 5) is 22.3. The van der Waals surface area contributed by atoms with Crippen LogP contribution in [-0.4, -0.2) is 46.8 Å². The van der Waals surface area contributed by atoms with Crippen LogP contribution in [0.4, 0.5) is 0 Å². The molecular formula is C11H20N2O4. The second-order valence-electron chi connectivity index (χ2n) is 4.36. The van der Waals surface area contributed by atoms with Gasteiger partial charge in [-0.15, -0.1) is 0 Å². The first-order valence-corrected chi connectivity index (χ1v) is 5.96. The molecule has 2 unspecified atom stereocenters. The zero-order valence-electron chi connectivity index (χ0n) is 10.0. The second kappa shape index (κ2) is 5.97. The molecule has 2 atom stereocenters. The van der Waals surface area contributed by atoms with Gasteiger partial charge in [0, 0.05) is 13.0 Å². The molecule has 1 amide bonds. The van der Waals surface area contributed by atoms with Gasteiger partial charge in [-0.05, 0) is 25.8 Å². The van der Waals surface area contributed by atoms with Crippen LogP contribution in [0.5, 0.6) is 0 Å². The molecule has 1 saturated heterocycles. The smallest absolute Gasteiger partial charge is 0.332 e. The maximum absolute atomic E-state index is 11.9. The molecule has 0 aromatic rings. The maximum atomic E-state index is 11.9. The summed E-state index contributed by atoms with van der Waals surface area (Å²) in [7, 11) is 0. The highest BCUT2D eigenvalue weighted by atomic mass is 16.4. The third-order valence-electron chi connectivity index (χ3n) is 3.27. The lowest BCUT2D eigenvalue weighted by Gasteiger charge is -2.26. The zero-order valence-corrected chi connectivity index (χ0v) is 10.0. The van der Waals surface area contributed by atoms with E-state index in [-0.39, 0.29) is 18.9 Å². The highest BCUT2D eigenvalue weighted by Crippen LogP contribution is 2.22. The number of hydrogen-bond acceptors (Lipinski definition) is 4. The van der Waals surface area contributed by atoms with Crippen molar-refractivity contribution in [1.82, 2.24) is 10.6 Å². The van der Waals surface area contributed by atoms with E-state index in [4.69, 9.17) is 10.2 Å². The normalized spacial score (nSPS) is 25.5. The summed E-state index contributed by atoms with van der Waals surface area (Å²) in [5.41, 5.74) is -0.506. The molecule has 1 rings (SSSR count). The average Bonchev–Trinajstić information content (AvgIpc) is 2.78. The van der Waals surface area contributed by atoms with E-state index in [2.05, 4.69) is 10.6 Å². The summed E-state index contributed by atoms with van der Waals surface area (Å²) in [6.07, 6.45) is 1.10. The summed E-state index contributed by atoms with van der Waals surface area (Å²) >= 11 is 0. The fourth-order valence-corrected chi connectivity index (χ4v) is 2.08. The number of hydrogen-bond donors (Lipinski definition) is 4. The van der Waals surface area contributed by atoms with Crippen LogP contribution in [0, 0.1) is 0 Å². The number of aliphatic hydroxyl groups is 1. The first kappa shape index (κ1) is 13.9. The van der Waals surface area contributed by atoms with E-state index in [0.717, 1.165) is 19.4 Å². The van der Waals surface area contributed by atoms with Crippen molar-refractivity contribution in [3.63, 3.8) is 0 Å². The highest BCUT2D eigenvalue weighted by Gasteiger charge is 2.38. The number of aliphatic hydroxyl groups excluding tert-OH is 1. The Morgan fingerprint density at radius 2 is 2.24 bits per heavy atom. The Morgan fingerprint density at radius 3 is 2.71 bits per heavy atom. The van der Waals surface area contributed by atoms with Gasteiger partial charge in [0.15, 0.2) is 6.10 Å². The molecule has 1 heterocycles. The second-order valence-corrected chi connectivity index (χ2v) is 4.36. The quantitative estimate of drug-likeness (QED) is 0.503. The van der Waals surface area contributed by atoms with Crippen molar-refractivity contribution >= 4 is 11.9 Å². The van der Waals surface area contributed by atoms with Crippen molar-refractivity contribution < 1.29 is 19.8 Å². The molecule has 4 N–H and O–H groups in total. The molecule has 98 valence electrons. The van der Waals surface area contributed by atoms with Crippen LogP contribution in [0.3, 0.4) is 0 Å². The van der Waals surface area contributed by atoms with Crippen molar-refractivity contribution in [2.75, 3.05) is 13.1 Å². The van der Waals surface area contributed by atoms with Gasteiger partial charge in [-0.1, -0.05) is 6.92 Å². The highest BCUT2D eigenvalue weighted by molar-refractivity contribution is 5.86. The molecule has 6 heteroatoms.